The zero-order chi connectivity index (χ0) is 21.4. The number of nitrogens with one attached hydrogen (secondary N) is 1. The zero-order valence-electron chi connectivity index (χ0n) is 18.1. The number of aryl methyl sites for hydroxylation is 1. The highest BCUT2D eigenvalue weighted by Crippen LogP contribution is 2.19. The quantitative estimate of drug-likeness (QED) is 0.696. The van der Waals surface area contributed by atoms with Gasteiger partial charge in [-0.2, -0.15) is 0 Å². The van der Waals surface area contributed by atoms with Crippen LogP contribution in [0.5, 0.6) is 5.75 Å². The molecule has 2 aromatic rings. The largest absolute Gasteiger partial charge is 0.484 e. The second kappa shape index (κ2) is 10.6. The van der Waals surface area contributed by atoms with Crippen LogP contribution in [0.4, 0.5) is 0 Å². The number of nitrogens with zero attached hydrogens (tertiary/aromatic N) is 1. The minimum absolute atomic E-state index is 0.114. The summed E-state index contributed by atoms with van der Waals surface area (Å²) in [7, 11) is 0. The Bertz CT molecular complexity index is 815. The summed E-state index contributed by atoms with van der Waals surface area (Å²) in [6.07, 6.45) is 0. The molecule has 0 bridgehead atoms. The van der Waals surface area contributed by atoms with Gasteiger partial charge in [0.25, 0.3) is 5.91 Å². The molecule has 156 valence electrons. The number of ether oxygens (including phenoxy) is 1. The molecular formula is C24H32N2O3. The van der Waals surface area contributed by atoms with E-state index in [0.717, 1.165) is 11.1 Å². The van der Waals surface area contributed by atoms with Crippen molar-refractivity contribution < 1.29 is 14.3 Å². The number of hydrogen-bond acceptors (Lipinski definition) is 3. The molecule has 5 heteroatoms. The fourth-order valence-electron chi connectivity index (χ4n) is 3.05. The van der Waals surface area contributed by atoms with Crippen molar-refractivity contribution in [2.45, 2.75) is 53.1 Å². The summed E-state index contributed by atoms with van der Waals surface area (Å²) in [5.74, 6) is 0.688. The third-order valence-corrected chi connectivity index (χ3v) is 5.03. The number of amides is 2. The smallest absolute Gasteiger partial charge is 0.261 e. The van der Waals surface area contributed by atoms with Crippen molar-refractivity contribution in [2.24, 2.45) is 0 Å². The molecule has 0 aromatic heterocycles. The van der Waals surface area contributed by atoms with Gasteiger partial charge < -0.3 is 15.0 Å². The summed E-state index contributed by atoms with van der Waals surface area (Å²) in [5.41, 5.74) is 3.31. The van der Waals surface area contributed by atoms with E-state index in [0.29, 0.717) is 24.8 Å². The summed E-state index contributed by atoms with van der Waals surface area (Å²) in [6.45, 7) is 10.6. The van der Waals surface area contributed by atoms with E-state index in [2.05, 4.69) is 19.2 Å². The van der Waals surface area contributed by atoms with Crippen molar-refractivity contribution in [3.8, 4) is 5.75 Å². The Hall–Kier alpha value is -2.82. The molecule has 1 atom stereocenters. The van der Waals surface area contributed by atoms with Crippen LogP contribution in [0.3, 0.4) is 0 Å². The van der Waals surface area contributed by atoms with E-state index in [4.69, 9.17) is 4.74 Å². The average Bonchev–Trinajstić information content (AvgIpc) is 2.71. The maximum atomic E-state index is 13.0. The molecule has 0 saturated heterocycles. The number of carbonyl (C=O) groups excluding carboxylic acids is 2. The van der Waals surface area contributed by atoms with Gasteiger partial charge in [0.1, 0.15) is 11.8 Å². The lowest BCUT2D eigenvalue weighted by atomic mass is 10.0. The third kappa shape index (κ3) is 6.34. The fourth-order valence-corrected chi connectivity index (χ4v) is 3.05. The Morgan fingerprint density at radius 2 is 1.69 bits per heavy atom. The van der Waals surface area contributed by atoms with Crippen LogP contribution in [0.2, 0.25) is 0 Å². The molecule has 0 saturated carbocycles. The topological polar surface area (TPSA) is 58.6 Å². The molecular weight excluding hydrogens is 364 g/mol. The second-order valence-electron chi connectivity index (χ2n) is 7.53. The lowest BCUT2D eigenvalue weighted by Crippen LogP contribution is -2.49. The first-order valence-corrected chi connectivity index (χ1v) is 10.2. The van der Waals surface area contributed by atoms with E-state index in [-0.39, 0.29) is 18.4 Å². The van der Waals surface area contributed by atoms with Gasteiger partial charge in [0, 0.05) is 13.1 Å². The van der Waals surface area contributed by atoms with Crippen LogP contribution in [0.15, 0.2) is 48.5 Å². The number of likely N-dealkylation sites (N-methyl/N-ethyl adjacent to an activating group) is 1. The normalized spacial score (nSPS) is 11.8. The maximum absolute atomic E-state index is 13.0. The standard InChI is InChI=1S/C24H32N2O3/c1-6-25-24(28)19(5)26(15-21-10-8-7-9-18(21)4)23(27)16-29-22-13-11-20(12-14-22)17(2)3/h7-14,17,19H,6,15-16H2,1-5H3,(H,25,28)/t19-/m0/s1. The van der Waals surface area contributed by atoms with Gasteiger partial charge in [-0.3, -0.25) is 9.59 Å². The van der Waals surface area contributed by atoms with Gasteiger partial charge in [0.05, 0.1) is 0 Å². The van der Waals surface area contributed by atoms with Crippen LogP contribution in [-0.2, 0) is 16.1 Å². The van der Waals surface area contributed by atoms with E-state index >= 15 is 0 Å². The van der Waals surface area contributed by atoms with Gasteiger partial charge in [-0.15, -0.1) is 0 Å². The van der Waals surface area contributed by atoms with Crippen molar-refractivity contribution in [3.05, 3.63) is 65.2 Å². The van der Waals surface area contributed by atoms with E-state index in [1.807, 2.05) is 62.4 Å². The number of benzene rings is 2. The molecule has 0 spiro atoms. The van der Waals surface area contributed by atoms with Crippen LogP contribution >= 0.6 is 0 Å². The Balaban J connectivity index is 2.12. The van der Waals surface area contributed by atoms with Gasteiger partial charge in [0.15, 0.2) is 6.61 Å². The molecule has 1 N–H and O–H groups in total. The maximum Gasteiger partial charge on any atom is 0.261 e. The Morgan fingerprint density at radius 3 is 2.28 bits per heavy atom. The van der Waals surface area contributed by atoms with Crippen LogP contribution < -0.4 is 10.1 Å². The molecule has 2 aromatic carbocycles. The summed E-state index contributed by atoms with van der Waals surface area (Å²) >= 11 is 0. The predicted octanol–water partition coefficient (Wildman–Crippen LogP) is 4.05. The first-order valence-electron chi connectivity index (χ1n) is 10.2. The molecule has 0 heterocycles. The number of rotatable bonds is 9. The van der Waals surface area contributed by atoms with Crippen molar-refractivity contribution in [1.29, 1.82) is 0 Å². The molecule has 2 rings (SSSR count). The predicted molar refractivity (Wildman–Crippen MR) is 116 cm³/mol. The number of carbonyl (C=O) groups is 2. The summed E-state index contributed by atoms with van der Waals surface area (Å²) < 4.78 is 5.72. The second-order valence-corrected chi connectivity index (χ2v) is 7.53. The van der Waals surface area contributed by atoms with Crippen molar-refractivity contribution in [2.75, 3.05) is 13.2 Å². The minimum Gasteiger partial charge on any atom is -0.484 e. The van der Waals surface area contributed by atoms with Crippen LogP contribution in [0.1, 0.15) is 50.3 Å². The minimum atomic E-state index is -0.589. The molecule has 5 nitrogen and oxygen atoms in total. The highest BCUT2D eigenvalue weighted by atomic mass is 16.5. The van der Waals surface area contributed by atoms with E-state index < -0.39 is 6.04 Å². The molecule has 29 heavy (non-hydrogen) atoms. The molecule has 2 amide bonds. The lowest BCUT2D eigenvalue weighted by Gasteiger charge is -2.29. The van der Waals surface area contributed by atoms with Gasteiger partial charge in [0.2, 0.25) is 5.91 Å². The van der Waals surface area contributed by atoms with E-state index in [1.165, 1.54) is 5.56 Å². The third-order valence-electron chi connectivity index (χ3n) is 5.03. The molecule has 0 aliphatic heterocycles. The molecule has 0 fully saturated rings. The fraction of sp³-hybridized carbons (Fsp3) is 0.417. The van der Waals surface area contributed by atoms with Crippen molar-refractivity contribution in [3.63, 3.8) is 0 Å². The number of hydrogen-bond donors (Lipinski definition) is 1. The van der Waals surface area contributed by atoms with Gasteiger partial charge in [-0.05, 0) is 55.5 Å². The molecule has 0 aliphatic carbocycles. The van der Waals surface area contributed by atoms with E-state index in [1.54, 1.807) is 11.8 Å². The van der Waals surface area contributed by atoms with Crippen molar-refractivity contribution >= 4 is 11.8 Å². The van der Waals surface area contributed by atoms with Crippen LogP contribution in [-0.4, -0.2) is 35.9 Å². The molecule has 0 unspecified atom stereocenters. The van der Waals surface area contributed by atoms with E-state index in [9.17, 15) is 9.59 Å². The molecule has 0 radical (unpaired) electrons. The van der Waals surface area contributed by atoms with Gasteiger partial charge >= 0.3 is 0 Å². The lowest BCUT2D eigenvalue weighted by molar-refractivity contribution is -0.142. The first-order chi connectivity index (χ1) is 13.8. The Kier molecular flexibility index (Phi) is 8.25. The zero-order valence-corrected chi connectivity index (χ0v) is 18.1. The van der Waals surface area contributed by atoms with Gasteiger partial charge in [-0.1, -0.05) is 50.2 Å². The SMILES string of the molecule is CCNC(=O)[C@H](C)N(Cc1ccccc1C)C(=O)COc1ccc(C(C)C)cc1. The van der Waals surface area contributed by atoms with Crippen LogP contribution in [0, 0.1) is 6.92 Å². The highest BCUT2D eigenvalue weighted by molar-refractivity contribution is 5.87. The summed E-state index contributed by atoms with van der Waals surface area (Å²) in [6, 6.07) is 15.1. The van der Waals surface area contributed by atoms with Gasteiger partial charge in [-0.25, -0.2) is 0 Å². The monoisotopic (exact) mass is 396 g/mol. The summed E-state index contributed by atoms with van der Waals surface area (Å²) in [4.78, 5) is 27.0. The highest BCUT2D eigenvalue weighted by Gasteiger charge is 2.26. The average molecular weight is 397 g/mol. The summed E-state index contributed by atoms with van der Waals surface area (Å²) in [5, 5.41) is 2.80. The van der Waals surface area contributed by atoms with Crippen molar-refractivity contribution in [1.82, 2.24) is 10.2 Å². The Labute approximate surface area is 174 Å². The molecule has 0 aliphatic rings. The first kappa shape index (κ1) is 22.5. The van der Waals surface area contributed by atoms with Crippen LogP contribution in [0.25, 0.3) is 0 Å². The Morgan fingerprint density at radius 1 is 1.03 bits per heavy atom.